The van der Waals surface area contributed by atoms with Crippen LogP contribution in [0.3, 0.4) is 0 Å². The van der Waals surface area contributed by atoms with Gasteiger partial charge in [0.1, 0.15) is 5.82 Å². The topological polar surface area (TPSA) is 12.0 Å². The lowest BCUT2D eigenvalue weighted by atomic mass is 10.0. The van der Waals surface area contributed by atoms with Gasteiger partial charge >= 0.3 is 0 Å². The van der Waals surface area contributed by atoms with Crippen molar-refractivity contribution in [1.29, 1.82) is 0 Å². The Morgan fingerprint density at radius 2 is 1.53 bits per heavy atom. The maximum absolute atomic E-state index is 13.7. The first kappa shape index (κ1) is 16.0. The van der Waals surface area contributed by atoms with E-state index in [1.54, 1.807) is 6.07 Å². The fraction of sp³-hybridized carbons (Fsp3) is 0.647. The molecule has 2 heteroatoms. The zero-order chi connectivity index (χ0) is 13.9. The Bertz CT molecular complexity index is 328. The van der Waals surface area contributed by atoms with E-state index in [0.29, 0.717) is 11.7 Å². The molecule has 0 aromatic heterocycles. The van der Waals surface area contributed by atoms with Crippen molar-refractivity contribution in [1.82, 2.24) is 0 Å². The van der Waals surface area contributed by atoms with Crippen LogP contribution in [-0.2, 0) is 0 Å². The molecular weight excluding hydrogens is 237 g/mol. The van der Waals surface area contributed by atoms with E-state index in [-0.39, 0.29) is 5.82 Å². The summed E-state index contributed by atoms with van der Waals surface area (Å²) in [4.78, 5) is 0. The molecular formula is C17H28FN. The quantitative estimate of drug-likeness (QED) is 0.530. The average Bonchev–Trinajstić information content (AvgIpc) is 2.41. The SMILES string of the molecule is CCCCCC(CCCCC)Nc1ccccc1F. The lowest BCUT2D eigenvalue weighted by Gasteiger charge is -2.20. The lowest BCUT2D eigenvalue weighted by Crippen LogP contribution is -2.20. The maximum Gasteiger partial charge on any atom is 0.146 e. The monoisotopic (exact) mass is 265 g/mol. The second kappa shape index (κ2) is 9.82. The van der Waals surface area contributed by atoms with Crippen molar-refractivity contribution in [3.63, 3.8) is 0 Å². The zero-order valence-corrected chi connectivity index (χ0v) is 12.4. The van der Waals surface area contributed by atoms with Crippen molar-refractivity contribution in [2.45, 2.75) is 71.3 Å². The largest absolute Gasteiger partial charge is 0.380 e. The molecule has 0 heterocycles. The van der Waals surface area contributed by atoms with Gasteiger partial charge < -0.3 is 5.32 Å². The first-order valence-corrected chi connectivity index (χ1v) is 7.79. The summed E-state index contributed by atoms with van der Waals surface area (Å²) in [5.74, 6) is -0.140. The second-order valence-corrected chi connectivity index (χ2v) is 5.31. The molecule has 1 aromatic carbocycles. The molecule has 0 amide bonds. The molecule has 1 nitrogen and oxygen atoms in total. The van der Waals surface area contributed by atoms with Crippen LogP contribution in [0.15, 0.2) is 24.3 Å². The molecule has 19 heavy (non-hydrogen) atoms. The van der Waals surface area contributed by atoms with Gasteiger partial charge in [-0.3, -0.25) is 0 Å². The number of anilines is 1. The van der Waals surface area contributed by atoms with Crippen molar-refractivity contribution >= 4 is 5.69 Å². The fourth-order valence-corrected chi connectivity index (χ4v) is 2.37. The zero-order valence-electron chi connectivity index (χ0n) is 12.4. The molecule has 0 unspecified atom stereocenters. The highest BCUT2D eigenvalue weighted by Crippen LogP contribution is 2.19. The van der Waals surface area contributed by atoms with E-state index in [1.807, 2.05) is 12.1 Å². The minimum absolute atomic E-state index is 0.140. The number of unbranched alkanes of at least 4 members (excludes halogenated alkanes) is 4. The minimum atomic E-state index is -0.140. The van der Waals surface area contributed by atoms with Crippen molar-refractivity contribution in [3.05, 3.63) is 30.1 Å². The molecule has 0 fully saturated rings. The number of benzene rings is 1. The lowest BCUT2D eigenvalue weighted by molar-refractivity contribution is 0.522. The number of hydrogen-bond donors (Lipinski definition) is 1. The van der Waals surface area contributed by atoms with Gasteiger partial charge in [-0.15, -0.1) is 0 Å². The molecule has 108 valence electrons. The molecule has 0 saturated carbocycles. The molecule has 1 N–H and O–H groups in total. The second-order valence-electron chi connectivity index (χ2n) is 5.31. The van der Waals surface area contributed by atoms with Gasteiger partial charge in [-0.05, 0) is 25.0 Å². The molecule has 1 rings (SSSR count). The maximum atomic E-state index is 13.7. The van der Waals surface area contributed by atoms with E-state index in [9.17, 15) is 4.39 Å². The molecule has 0 saturated heterocycles. The third-order valence-electron chi connectivity index (χ3n) is 3.55. The van der Waals surface area contributed by atoms with Gasteiger partial charge in [-0.25, -0.2) is 4.39 Å². The van der Waals surface area contributed by atoms with Crippen LogP contribution in [0.5, 0.6) is 0 Å². The van der Waals surface area contributed by atoms with Gasteiger partial charge in [0.15, 0.2) is 0 Å². The third-order valence-corrected chi connectivity index (χ3v) is 3.55. The van der Waals surface area contributed by atoms with Crippen LogP contribution < -0.4 is 5.32 Å². The summed E-state index contributed by atoms with van der Waals surface area (Å²) < 4.78 is 13.7. The van der Waals surface area contributed by atoms with Crippen LogP contribution in [0.4, 0.5) is 10.1 Å². The van der Waals surface area contributed by atoms with Gasteiger partial charge in [0.25, 0.3) is 0 Å². The van der Waals surface area contributed by atoms with Crippen molar-refractivity contribution in [3.8, 4) is 0 Å². The van der Waals surface area contributed by atoms with Crippen LogP contribution in [0.25, 0.3) is 0 Å². The fourth-order valence-electron chi connectivity index (χ4n) is 2.37. The van der Waals surface area contributed by atoms with Crippen LogP contribution in [-0.4, -0.2) is 6.04 Å². The van der Waals surface area contributed by atoms with Gasteiger partial charge in [-0.2, -0.15) is 0 Å². The summed E-state index contributed by atoms with van der Waals surface area (Å²) >= 11 is 0. The van der Waals surface area contributed by atoms with Crippen LogP contribution in [0.2, 0.25) is 0 Å². The summed E-state index contributed by atoms with van der Waals surface area (Å²) in [7, 11) is 0. The molecule has 0 spiro atoms. The molecule has 0 aliphatic rings. The van der Waals surface area contributed by atoms with Gasteiger partial charge in [0.2, 0.25) is 0 Å². The van der Waals surface area contributed by atoms with E-state index in [1.165, 1.54) is 44.6 Å². The Morgan fingerprint density at radius 3 is 2.05 bits per heavy atom. The first-order valence-electron chi connectivity index (χ1n) is 7.79. The van der Waals surface area contributed by atoms with E-state index in [2.05, 4.69) is 19.2 Å². The van der Waals surface area contributed by atoms with Gasteiger partial charge in [0, 0.05) is 6.04 Å². The Balaban J connectivity index is 2.49. The Labute approximate surface area is 117 Å². The van der Waals surface area contributed by atoms with E-state index < -0.39 is 0 Å². The Hall–Kier alpha value is -1.05. The predicted octanol–water partition coefficient (Wildman–Crippen LogP) is 5.77. The highest BCUT2D eigenvalue weighted by molar-refractivity contribution is 5.45. The van der Waals surface area contributed by atoms with Crippen LogP contribution in [0.1, 0.15) is 65.2 Å². The smallest absolute Gasteiger partial charge is 0.146 e. The molecule has 1 aromatic rings. The molecule has 0 aliphatic carbocycles. The standard InChI is InChI=1S/C17H28FN/c1-3-5-7-11-15(12-8-6-4-2)19-17-14-10-9-13-16(17)18/h9-10,13-15,19H,3-8,11-12H2,1-2H3. The highest BCUT2D eigenvalue weighted by atomic mass is 19.1. The normalized spacial score (nSPS) is 10.9. The summed E-state index contributed by atoms with van der Waals surface area (Å²) in [6.07, 6.45) is 9.76. The van der Waals surface area contributed by atoms with Crippen molar-refractivity contribution < 1.29 is 4.39 Å². The predicted molar refractivity (Wildman–Crippen MR) is 82.1 cm³/mol. The van der Waals surface area contributed by atoms with Gasteiger partial charge in [-0.1, -0.05) is 64.5 Å². The third kappa shape index (κ3) is 6.60. The molecule has 0 radical (unpaired) electrons. The molecule has 0 aliphatic heterocycles. The van der Waals surface area contributed by atoms with Crippen molar-refractivity contribution in [2.75, 3.05) is 5.32 Å². The summed E-state index contributed by atoms with van der Waals surface area (Å²) in [6, 6.07) is 7.40. The summed E-state index contributed by atoms with van der Waals surface area (Å²) in [6.45, 7) is 4.44. The number of para-hydroxylation sites is 1. The summed E-state index contributed by atoms with van der Waals surface area (Å²) in [5.41, 5.74) is 0.653. The van der Waals surface area contributed by atoms with Gasteiger partial charge in [0.05, 0.1) is 5.69 Å². The Kier molecular flexibility index (Phi) is 8.28. The van der Waals surface area contributed by atoms with Crippen molar-refractivity contribution in [2.24, 2.45) is 0 Å². The Morgan fingerprint density at radius 1 is 0.947 bits per heavy atom. The first-order chi connectivity index (χ1) is 9.27. The number of halogens is 1. The van der Waals surface area contributed by atoms with Crippen LogP contribution >= 0.6 is 0 Å². The number of hydrogen-bond acceptors (Lipinski definition) is 1. The minimum Gasteiger partial charge on any atom is -0.380 e. The molecule has 0 bridgehead atoms. The van der Waals surface area contributed by atoms with E-state index >= 15 is 0 Å². The molecule has 0 atom stereocenters. The average molecular weight is 265 g/mol. The number of rotatable bonds is 10. The van der Waals surface area contributed by atoms with E-state index in [0.717, 1.165) is 12.8 Å². The number of nitrogens with one attached hydrogen (secondary N) is 1. The van der Waals surface area contributed by atoms with Crippen LogP contribution in [0, 0.1) is 5.82 Å². The summed E-state index contributed by atoms with van der Waals surface area (Å²) in [5, 5.41) is 3.39. The van der Waals surface area contributed by atoms with E-state index in [4.69, 9.17) is 0 Å². The highest BCUT2D eigenvalue weighted by Gasteiger charge is 2.10.